The molecule has 1 N–H and O–H groups in total. The maximum Gasteiger partial charge on any atom is 0.233 e. The van der Waals surface area contributed by atoms with Crippen LogP contribution in [-0.4, -0.2) is 51.0 Å². The molecule has 1 aliphatic heterocycles. The highest BCUT2D eigenvalue weighted by atomic mass is 32.2. The third kappa shape index (κ3) is 4.11. The summed E-state index contributed by atoms with van der Waals surface area (Å²) in [6, 6.07) is 7.49. The summed E-state index contributed by atoms with van der Waals surface area (Å²) in [6.07, 6.45) is 1.78. The van der Waals surface area contributed by atoms with Gasteiger partial charge in [0.25, 0.3) is 0 Å². The van der Waals surface area contributed by atoms with E-state index in [9.17, 15) is 9.90 Å². The Balaban J connectivity index is 1.52. The van der Waals surface area contributed by atoms with E-state index in [0.29, 0.717) is 25.3 Å². The molecule has 0 aliphatic carbocycles. The van der Waals surface area contributed by atoms with E-state index >= 15 is 0 Å². The van der Waals surface area contributed by atoms with Crippen LogP contribution in [0.4, 0.5) is 0 Å². The first-order valence-electron chi connectivity index (χ1n) is 7.53. The number of carbonyl (C=O) groups is 1. The molecule has 0 radical (unpaired) electrons. The highest BCUT2D eigenvalue weighted by molar-refractivity contribution is 7.99. The van der Waals surface area contributed by atoms with Gasteiger partial charge in [0, 0.05) is 37.7 Å². The number of β-amino-alcohol motifs (C(OH)–C–C–N with tert-alkyl or cyclic N) is 1. The van der Waals surface area contributed by atoms with Crippen molar-refractivity contribution in [2.45, 2.75) is 24.5 Å². The third-order valence-electron chi connectivity index (χ3n) is 3.88. The number of hydrogen-bond acceptors (Lipinski definition) is 6. The standard InChI is InChI=1S/C16H19N3O3S/c1-11-6-13(22-18-11)7-12-8-19(9-14(12)20)16(21)10-23-15-4-2-3-5-17-15/h2-6,12,14,20H,7-10H2,1H3/t12-,14+/m1/s1. The lowest BCUT2D eigenvalue weighted by Gasteiger charge is -2.15. The highest BCUT2D eigenvalue weighted by Gasteiger charge is 2.34. The first-order chi connectivity index (χ1) is 11.1. The summed E-state index contributed by atoms with van der Waals surface area (Å²) in [5, 5.41) is 14.9. The zero-order valence-corrected chi connectivity index (χ0v) is 13.7. The van der Waals surface area contributed by atoms with Crippen LogP contribution in [0.5, 0.6) is 0 Å². The van der Waals surface area contributed by atoms with Crippen LogP contribution in [0.1, 0.15) is 11.5 Å². The van der Waals surface area contributed by atoms with Gasteiger partial charge in [0.2, 0.25) is 5.91 Å². The van der Waals surface area contributed by atoms with E-state index in [-0.39, 0.29) is 11.8 Å². The number of hydrogen-bond donors (Lipinski definition) is 1. The average Bonchev–Trinajstić information content (AvgIpc) is 3.13. The van der Waals surface area contributed by atoms with Crippen LogP contribution >= 0.6 is 11.8 Å². The quantitative estimate of drug-likeness (QED) is 0.836. The molecular formula is C16H19N3O3S. The number of amides is 1. The minimum Gasteiger partial charge on any atom is -0.391 e. The molecule has 3 rings (SSSR count). The Morgan fingerprint density at radius 3 is 3.04 bits per heavy atom. The molecule has 1 amide bonds. The van der Waals surface area contributed by atoms with Gasteiger partial charge in [0.15, 0.2) is 0 Å². The number of nitrogens with zero attached hydrogens (tertiary/aromatic N) is 3. The van der Waals surface area contributed by atoms with Crippen LogP contribution in [0.3, 0.4) is 0 Å². The molecule has 0 aromatic carbocycles. The van der Waals surface area contributed by atoms with Crippen molar-refractivity contribution in [2.24, 2.45) is 5.92 Å². The Kier molecular flexibility index (Phi) is 4.97. The Hall–Kier alpha value is -1.86. The van der Waals surface area contributed by atoms with Crippen molar-refractivity contribution in [3.05, 3.63) is 41.9 Å². The van der Waals surface area contributed by atoms with Crippen LogP contribution in [0.15, 0.2) is 40.0 Å². The molecule has 0 bridgehead atoms. The number of likely N-dealkylation sites (tertiary alicyclic amines) is 1. The predicted octanol–water partition coefficient (Wildman–Crippen LogP) is 1.53. The fraction of sp³-hybridized carbons (Fsp3) is 0.438. The zero-order valence-electron chi connectivity index (χ0n) is 12.9. The highest BCUT2D eigenvalue weighted by Crippen LogP contribution is 2.23. The van der Waals surface area contributed by atoms with Crippen molar-refractivity contribution in [3.63, 3.8) is 0 Å². The molecule has 23 heavy (non-hydrogen) atoms. The maximum absolute atomic E-state index is 12.3. The van der Waals surface area contributed by atoms with Crippen molar-refractivity contribution >= 4 is 17.7 Å². The minimum absolute atomic E-state index is 0.00819. The molecule has 1 aliphatic rings. The molecule has 1 saturated heterocycles. The number of carbonyl (C=O) groups excluding carboxylic acids is 1. The second-order valence-electron chi connectivity index (χ2n) is 5.72. The lowest BCUT2D eigenvalue weighted by molar-refractivity contribution is -0.127. The Morgan fingerprint density at radius 1 is 1.48 bits per heavy atom. The molecule has 6 nitrogen and oxygen atoms in total. The normalized spacial score (nSPS) is 20.9. The predicted molar refractivity (Wildman–Crippen MR) is 86.0 cm³/mol. The van der Waals surface area contributed by atoms with Crippen LogP contribution in [0.2, 0.25) is 0 Å². The topological polar surface area (TPSA) is 79.5 Å². The van der Waals surface area contributed by atoms with Gasteiger partial charge in [-0.1, -0.05) is 23.0 Å². The number of aliphatic hydroxyl groups is 1. The van der Waals surface area contributed by atoms with Gasteiger partial charge in [-0.15, -0.1) is 0 Å². The summed E-state index contributed by atoms with van der Waals surface area (Å²) in [6.45, 7) is 2.78. The molecule has 3 heterocycles. The lowest BCUT2D eigenvalue weighted by atomic mass is 10.0. The molecule has 1 fully saturated rings. The molecule has 0 saturated carbocycles. The SMILES string of the molecule is Cc1cc(C[C@@H]2CN(C(=O)CSc3ccccn3)C[C@@H]2O)on1. The van der Waals surface area contributed by atoms with Gasteiger partial charge < -0.3 is 14.5 Å². The Bertz CT molecular complexity index is 662. The summed E-state index contributed by atoms with van der Waals surface area (Å²) in [7, 11) is 0. The second-order valence-corrected chi connectivity index (χ2v) is 6.72. The third-order valence-corrected chi connectivity index (χ3v) is 4.81. The van der Waals surface area contributed by atoms with Crippen LogP contribution in [0, 0.1) is 12.8 Å². The van der Waals surface area contributed by atoms with Crippen LogP contribution in [0.25, 0.3) is 0 Å². The molecule has 7 heteroatoms. The smallest absolute Gasteiger partial charge is 0.233 e. The summed E-state index contributed by atoms with van der Waals surface area (Å²) >= 11 is 1.41. The Labute approximate surface area is 138 Å². The number of aromatic nitrogens is 2. The Morgan fingerprint density at radius 2 is 2.35 bits per heavy atom. The summed E-state index contributed by atoms with van der Waals surface area (Å²) in [4.78, 5) is 18.2. The van der Waals surface area contributed by atoms with Gasteiger partial charge in [-0.25, -0.2) is 4.98 Å². The van der Waals surface area contributed by atoms with Gasteiger partial charge in [-0.05, 0) is 19.1 Å². The molecule has 0 spiro atoms. The van der Waals surface area contributed by atoms with Crippen molar-refractivity contribution in [2.75, 3.05) is 18.8 Å². The average molecular weight is 333 g/mol. The van der Waals surface area contributed by atoms with E-state index in [0.717, 1.165) is 16.5 Å². The van der Waals surface area contributed by atoms with Crippen molar-refractivity contribution in [3.8, 4) is 0 Å². The van der Waals surface area contributed by atoms with Crippen LogP contribution in [-0.2, 0) is 11.2 Å². The van der Waals surface area contributed by atoms with Crippen molar-refractivity contribution in [1.29, 1.82) is 0 Å². The summed E-state index contributed by atoms with van der Waals surface area (Å²) < 4.78 is 5.20. The van der Waals surface area contributed by atoms with E-state index < -0.39 is 6.10 Å². The summed E-state index contributed by atoms with van der Waals surface area (Å²) in [5.41, 5.74) is 0.826. The fourth-order valence-electron chi connectivity index (χ4n) is 2.69. The van der Waals surface area contributed by atoms with Gasteiger partial charge >= 0.3 is 0 Å². The van der Waals surface area contributed by atoms with Crippen molar-refractivity contribution in [1.82, 2.24) is 15.0 Å². The van der Waals surface area contributed by atoms with E-state index in [1.807, 2.05) is 31.2 Å². The molecule has 0 unspecified atom stereocenters. The van der Waals surface area contributed by atoms with E-state index in [2.05, 4.69) is 10.1 Å². The van der Waals surface area contributed by atoms with Crippen LogP contribution < -0.4 is 0 Å². The number of rotatable bonds is 5. The van der Waals surface area contributed by atoms with E-state index in [4.69, 9.17) is 4.52 Å². The first kappa shape index (κ1) is 16.0. The number of thioether (sulfide) groups is 1. The lowest BCUT2D eigenvalue weighted by Crippen LogP contribution is -2.31. The monoisotopic (exact) mass is 333 g/mol. The molecule has 2 aromatic rings. The van der Waals surface area contributed by atoms with E-state index in [1.54, 1.807) is 11.1 Å². The minimum atomic E-state index is -0.524. The number of aryl methyl sites for hydroxylation is 1. The largest absolute Gasteiger partial charge is 0.391 e. The van der Waals surface area contributed by atoms with Gasteiger partial charge in [0.05, 0.1) is 22.6 Å². The number of pyridine rings is 1. The van der Waals surface area contributed by atoms with Gasteiger partial charge in [-0.3, -0.25) is 4.79 Å². The second kappa shape index (κ2) is 7.14. The number of aliphatic hydroxyl groups excluding tert-OH is 1. The maximum atomic E-state index is 12.3. The fourth-order valence-corrected chi connectivity index (χ4v) is 3.45. The van der Waals surface area contributed by atoms with Gasteiger partial charge in [-0.2, -0.15) is 0 Å². The van der Waals surface area contributed by atoms with Crippen molar-refractivity contribution < 1.29 is 14.4 Å². The molecule has 2 atom stereocenters. The first-order valence-corrected chi connectivity index (χ1v) is 8.52. The molecule has 2 aromatic heterocycles. The van der Waals surface area contributed by atoms with Gasteiger partial charge in [0.1, 0.15) is 5.76 Å². The zero-order chi connectivity index (χ0) is 16.2. The van der Waals surface area contributed by atoms with E-state index in [1.165, 1.54) is 11.8 Å². The summed E-state index contributed by atoms with van der Waals surface area (Å²) in [5.74, 6) is 1.10. The molecular weight excluding hydrogens is 314 g/mol. The molecule has 122 valence electrons.